The summed E-state index contributed by atoms with van der Waals surface area (Å²) in [5.41, 5.74) is 2.53. The number of rotatable bonds is 6. The SMILES string of the molecule is Cc1nc2c(c(-c3ccc(Cl)cc3Cl)c1C(=O)OCc1ccccc1)C(=O)N(C[C@@H]1CCCN1C(=O)OC(C)(C)C)C2. The monoisotopic (exact) mass is 609 g/mol. The number of esters is 1. The van der Waals surface area contributed by atoms with Crippen LogP contribution in [0.5, 0.6) is 0 Å². The van der Waals surface area contributed by atoms with E-state index in [1.165, 1.54) is 0 Å². The standard InChI is InChI=1S/C32H33Cl2N3O5/c1-19-26(30(39)41-18-20-9-6-5-7-10-20)27(23-13-12-21(33)15-24(23)34)28-25(35-19)17-36(29(28)38)16-22-11-8-14-37(22)31(40)42-32(2,3)4/h5-7,9-10,12-13,15,22H,8,11,14,16-18H2,1-4H3/t22-/m0/s1. The van der Waals surface area contributed by atoms with E-state index in [0.717, 1.165) is 18.4 Å². The number of halogens is 2. The van der Waals surface area contributed by atoms with Gasteiger partial charge in [0.15, 0.2) is 0 Å². The van der Waals surface area contributed by atoms with E-state index in [2.05, 4.69) is 0 Å². The zero-order valence-corrected chi connectivity index (χ0v) is 25.6. The van der Waals surface area contributed by atoms with E-state index >= 15 is 0 Å². The Labute approximate surface area is 255 Å². The van der Waals surface area contributed by atoms with Crippen molar-refractivity contribution >= 4 is 41.2 Å². The first-order valence-electron chi connectivity index (χ1n) is 13.9. The second-order valence-electron chi connectivity index (χ2n) is 11.6. The normalized spacial score (nSPS) is 16.5. The molecule has 5 rings (SSSR count). The molecule has 3 heterocycles. The molecule has 10 heteroatoms. The Bertz CT molecular complexity index is 1540. The summed E-state index contributed by atoms with van der Waals surface area (Å²) in [7, 11) is 0. The van der Waals surface area contributed by atoms with E-state index in [-0.39, 0.29) is 36.8 Å². The van der Waals surface area contributed by atoms with Gasteiger partial charge in [-0.3, -0.25) is 9.78 Å². The second kappa shape index (κ2) is 11.9. The molecule has 0 bridgehead atoms. The summed E-state index contributed by atoms with van der Waals surface area (Å²) in [6.45, 7) is 8.39. The lowest BCUT2D eigenvalue weighted by atomic mass is 9.93. The molecule has 1 saturated heterocycles. The van der Waals surface area contributed by atoms with Crippen LogP contribution >= 0.6 is 23.2 Å². The molecule has 2 aliphatic heterocycles. The van der Waals surface area contributed by atoms with Crippen molar-refractivity contribution in [2.45, 2.75) is 65.3 Å². The zero-order valence-electron chi connectivity index (χ0n) is 24.1. The molecule has 1 atom stereocenters. The molecule has 0 radical (unpaired) electrons. The molecule has 0 aliphatic carbocycles. The minimum atomic E-state index is -0.621. The summed E-state index contributed by atoms with van der Waals surface area (Å²) in [4.78, 5) is 48.6. The number of hydrogen-bond acceptors (Lipinski definition) is 6. The Balaban J connectivity index is 1.49. The van der Waals surface area contributed by atoms with Gasteiger partial charge in [-0.05, 0) is 58.2 Å². The molecule has 3 aromatic rings. The number of aryl methyl sites for hydroxylation is 1. The van der Waals surface area contributed by atoms with Crippen LogP contribution < -0.4 is 0 Å². The molecule has 8 nitrogen and oxygen atoms in total. The average molecular weight is 611 g/mol. The number of carbonyl (C=O) groups excluding carboxylic acids is 3. The van der Waals surface area contributed by atoms with E-state index in [0.29, 0.717) is 51.2 Å². The summed E-state index contributed by atoms with van der Waals surface area (Å²) in [5.74, 6) is -0.891. The van der Waals surface area contributed by atoms with Crippen LogP contribution in [0.15, 0.2) is 48.5 Å². The van der Waals surface area contributed by atoms with Crippen molar-refractivity contribution in [1.82, 2.24) is 14.8 Å². The maximum absolute atomic E-state index is 14.1. The van der Waals surface area contributed by atoms with Crippen LogP contribution in [0.1, 0.15) is 71.3 Å². The maximum atomic E-state index is 14.1. The van der Waals surface area contributed by atoms with Crippen LogP contribution in [0.2, 0.25) is 10.0 Å². The largest absolute Gasteiger partial charge is 0.457 e. The van der Waals surface area contributed by atoms with Crippen molar-refractivity contribution in [3.8, 4) is 11.1 Å². The third-order valence-corrected chi connectivity index (χ3v) is 7.90. The lowest BCUT2D eigenvalue weighted by molar-refractivity contribution is 0.0192. The van der Waals surface area contributed by atoms with Crippen molar-refractivity contribution in [3.05, 3.63) is 86.7 Å². The van der Waals surface area contributed by atoms with Crippen molar-refractivity contribution in [3.63, 3.8) is 0 Å². The Morgan fingerprint density at radius 2 is 1.81 bits per heavy atom. The topological polar surface area (TPSA) is 89.0 Å². The van der Waals surface area contributed by atoms with Crippen LogP contribution in [0.25, 0.3) is 11.1 Å². The lowest BCUT2D eigenvalue weighted by Gasteiger charge is -2.30. The van der Waals surface area contributed by atoms with Gasteiger partial charge in [0.25, 0.3) is 5.91 Å². The molecule has 0 N–H and O–H groups in total. The Morgan fingerprint density at radius 3 is 2.50 bits per heavy atom. The van der Waals surface area contributed by atoms with Crippen LogP contribution in [-0.2, 0) is 22.6 Å². The lowest BCUT2D eigenvalue weighted by Crippen LogP contribution is -2.45. The summed E-state index contributed by atoms with van der Waals surface area (Å²) in [6, 6.07) is 14.1. The molecular formula is C32H33Cl2N3O5. The van der Waals surface area contributed by atoms with E-state index < -0.39 is 11.6 Å². The van der Waals surface area contributed by atoms with Crippen LogP contribution in [0, 0.1) is 6.92 Å². The quantitative estimate of drug-likeness (QED) is 0.277. The van der Waals surface area contributed by atoms with Crippen molar-refractivity contribution in [1.29, 1.82) is 0 Å². The predicted molar refractivity (Wildman–Crippen MR) is 161 cm³/mol. The minimum absolute atomic E-state index is 0.0617. The zero-order chi connectivity index (χ0) is 30.2. The minimum Gasteiger partial charge on any atom is -0.457 e. The van der Waals surface area contributed by atoms with Gasteiger partial charge in [0.2, 0.25) is 0 Å². The summed E-state index contributed by atoms with van der Waals surface area (Å²) in [6.07, 6.45) is 1.18. The van der Waals surface area contributed by atoms with Crippen LogP contribution in [-0.4, -0.2) is 57.5 Å². The molecule has 42 heavy (non-hydrogen) atoms. The predicted octanol–water partition coefficient (Wildman–Crippen LogP) is 7.08. The number of aromatic nitrogens is 1. The first kappa shape index (κ1) is 29.9. The number of hydrogen-bond donors (Lipinski definition) is 0. The third-order valence-electron chi connectivity index (χ3n) is 7.35. The molecule has 0 unspecified atom stereocenters. The smallest absolute Gasteiger partial charge is 0.410 e. The fraction of sp³-hybridized carbons (Fsp3) is 0.375. The highest BCUT2D eigenvalue weighted by Gasteiger charge is 2.40. The van der Waals surface area contributed by atoms with Gasteiger partial charge >= 0.3 is 12.1 Å². The molecule has 2 aromatic carbocycles. The Hall–Kier alpha value is -3.62. The maximum Gasteiger partial charge on any atom is 0.410 e. The molecule has 1 fully saturated rings. The molecule has 1 aromatic heterocycles. The number of amides is 2. The van der Waals surface area contributed by atoms with E-state index in [1.807, 2.05) is 51.1 Å². The second-order valence-corrected chi connectivity index (χ2v) is 12.5. The first-order valence-corrected chi connectivity index (χ1v) is 14.7. The van der Waals surface area contributed by atoms with Gasteiger partial charge in [0, 0.05) is 34.3 Å². The van der Waals surface area contributed by atoms with Gasteiger partial charge in [-0.1, -0.05) is 59.6 Å². The third kappa shape index (κ3) is 6.25. The highest BCUT2D eigenvalue weighted by atomic mass is 35.5. The molecule has 2 amide bonds. The van der Waals surface area contributed by atoms with Crippen molar-refractivity contribution in [2.75, 3.05) is 13.1 Å². The number of nitrogens with zero attached hydrogens (tertiary/aromatic N) is 3. The fourth-order valence-corrected chi connectivity index (χ4v) is 6.02. The van der Waals surface area contributed by atoms with E-state index in [4.69, 9.17) is 37.7 Å². The number of benzene rings is 2. The van der Waals surface area contributed by atoms with Crippen LogP contribution in [0.4, 0.5) is 4.79 Å². The number of fused-ring (bicyclic) bond motifs is 1. The van der Waals surface area contributed by atoms with E-state index in [1.54, 1.807) is 34.9 Å². The van der Waals surface area contributed by atoms with Crippen molar-refractivity contribution in [2.24, 2.45) is 0 Å². The molecule has 0 saturated carbocycles. The summed E-state index contributed by atoms with van der Waals surface area (Å²) >= 11 is 12.8. The average Bonchev–Trinajstić information content (AvgIpc) is 3.51. The number of carbonyl (C=O) groups is 3. The van der Waals surface area contributed by atoms with Gasteiger partial charge in [0.1, 0.15) is 12.2 Å². The number of ether oxygens (including phenoxy) is 2. The first-order chi connectivity index (χ1) is 19.9. The molecular weight excluding hydrogens is 577 g/mol. The highest BCUT2D eigenvalue weighted by Crippen LogP contribution is 2.40. The Kier molecular flexibility index (Phi) is 8.49. The number of likely N-dealkylation sites (tertiary alicyclic amines) is 1. The molecule has 2 aliphatic rings. The van der Waals surface area contributed by atoms with Gasteiger partial charge in [-0.2, -0.15) is 0 Å². The van der Waals surface area contributed by atoms with Gasteiger partial charge in [-0.25, -0.2) is 9.59 Å². The van der Waals surface area contributed by atoms with E-state index in [9.17, 15) is 14.4 Å². The summed E-state index contributed by atoms with van der Waals surface area (Å²) in [5, 5.41) is 0.723. The van der Waals surface area contributed by atoms with Gasteiger partial charge in [-0.15, -0.1) is 0 Å². The van der Waals surface area contributed by atoms with Crippen LogP contribution in [0.3, 0.4) is 0 Å². The molecule has 0 spiro atoms. The van der Waals surface area contributed by atoms with Crippen molar-refractivity contribution < 1.29 is 23.9 Å². The van der Waals surface area contributed by atoms with Gasteiger partial charge in [0.05, 0.1) is 35.1 Å². The fourth-order valence-electron chi connectivity index (χ4n) is 5.51. The highest BCUT2D eigenvalue weighted by molar-refractivity contribution is 6.37. The summed E-state index contributed by atoms with van der Waals surface area (Å²) < 4.78 is 11.3. The molecule has 220 valence electrons. The van der Waals surface area contributed by atoms with Gasteiger partial charge < -0.3 is 19.3 Å². The Morgan fingerprint density at radius 1 is 1.07 bits per heavy atom. The number of pyridine rings is 1.